The number of amides is 4. The molecule has 1 aliphatic rings. The summed E-state index contributed by atoms with van der Waals surface area (Å²) < 4.78 is 0. The molecule has 4 aromatic rings. The molecular weight excluding hydrogens is 416 g/mol. The van der Waals surface area contributed by atoms with Crippen molar-refractivity contribution in [1.29, 1.82) is 0 Å². The van der Waals surface area contributed by atoms with Crippen molar-refractivity contribution in [3.05, 3.63) is 102 Å². The number of fused-ring (bicyclic) bond motifs is 1. The maximum Gasteiger partial charge on any atom is 0.325 e. The van der Waals surface area contributed by atoms with Crippen LogP contribution in [-0.4, -0.2) is 33.8 Å². The van der Waals surface area contributed by atoms with Crippen LogP contribution < -0.4 is 10.6 Å². The smallest absolute Gasteiger partial charge is 0.325 e. The number of nitrogens with one attached hydrogen (secondary N) is 3. The second-order valence-corrected chi connectivity index (χ2v) is 8.01. The topological polar surface area (TPSA) is 94.3 Å². The monoisotopic (exact) mass is 438 g/mol. The van der Waals surface area contributed by atoms with Gasteiger partial charge in [0, 0.05) is 34.8 Å². The number of rotatable bonds is 6. The number of H-pyrrole nitrogens is 1. The number of urea groups is 1. The number of carbonyl (C=O) groups excluding carboxylic acids is 3. The van der Waals surface area contributed by atoms with Crippen LogP contribution in [0.15, 0.2) is 85.1 Å². The van der Waals surface area contributed by atoms with Crippen molar-refractivity contribution in [2.75, 3.05) is 5.32 Å². The zero-order chi connectivity index (χ0) is 22.8. The van der Waals surface area contributed by atoms with Gasteiger partial charge in [0.05, 0.1) is 6.54 Å². The zero-order valence-corrected chi connectivity index (χ0v) is 17.7. The predicted octanol–water partition coefficient (Wildman–Crippen LogP) is 4.08. The summed E-state index contributed by atoms with van der Waals surface area (Å²) >= 11 is 0. The average molecular weight is 438 g/mol. The number of hydrogen-bond acceptors (Lipinski definition) is 3. The molecule has 164 valence electrons. The summed E-state index contributed by atoms with van der Waals surface area (Å²) in [5.74, 6) is -0.474. The number of imide groups is 1. The molecule has 33 heavy (non-hydrogen) atoms. The van der Waals surface area contributed by atoms with E-state index in [1.807, 2.05) is 60.8 Å². The highest BCUT2D eigenvalue weighted by Gasteiger charge is 2.38. The lowest BCUT2D eigenvalue weighted by molar-refractivity contribution is -0.127. The van der Waals surface area contributed by atoms with E-state index in [0.29, 0.717) is 17.7 Å². The van der Waals surface area contributed by atoms with Gasteiger partial charge in [-0.25, -0.2) is 4.79 Å². The van der Waals surface area contributed by atoms with Crippen LogP contribution in [0.4, 0.5) is 10.5 Å². The molecule has 1 fully saturated rings. The maximum atomic E-state index is 12.9. The molecule has 1 saturated heterocycles. The van der Waals surface area contributed by atoms with E-state index in [-0.39, 0.29) is 18.4 Å². The highest BCUT2D eigenvalue weighted by molar-refractivity contribution is 6.05. The van der Waals surface area contributed by atoms with Crippen LogP contribution >= 0.6 is 0 Å². The first-order chi connectivity index (χ1) is 16.1. The Morgan fingerprint density at radius 1 is 0.909 bits per heavy atom. The Morgan fingerprint density at radius 3 is 2.42 bits per heavy atom. The van der Waals surface area contributed by atoms with E-state index in [4.69, 9.17) is 0 Å². The highest BCUT2D eigenvalue weighted by Crippen LogP contribution is 2.22. The third-order valence-electron chi connectivity index (χ3n) is 5.79. The van der Waals surface area contributed by atoms with Gasteiger partial charge in [-0.3, -0.25) is 14.5 Å². The molecule has 0 saturated carbocycles. The van der Waals surface area contributed by atoms with Crippen LogP contribution in [0.5, 0.6) is 0 Å². The fraction of sp³-hybridized carbons (Fsp3) is 0.115. The summed E-state index contributed by atoms with van der Waals surface area (Å²) in [6.45, 7) is 0.148. The molecular formula is C26H22N4O3. The number of benzene rings is 3. The molecule has 1 unspecified atom stereocenters. The van der Waals surface area contributed by atoms with E-state index in [1.165, 1.54) is 4.90 Å². The Balaban J connectivity index is 1.24. The Bertz CT molecular complexity index is 1330. The summed E-state index contributed by atoms with van der Waals surface area (Å²) in [5.41, 5.74) is 3.96. The molecule has 0 spiro atoms. The van der Waals surface area contributed by atoms with Crippen molar-refractivity contribution < 1.29 is 14.4 Å². The molecule has 5 rings (SSSR count). The minimum absolute atomic E-state index is 0.148. The van der Waals surface area contributed by atoms with E-state index in [1.54, 1.807) is 24.3 Å². The molecule has 0 bridgehead atoms. The van der Waals surface area contributed by atoms with Gasteiger partial charge in [-0.1, -0.05) is 48.5 Å². The average Bonchev–Trinajstić information content (AvgIpc) is 3.36. The van der Waals surface area contributed by atoms with E-state index in [0.717, 1.165) is 22.0 Å². The molecule has 0 radical (unpaired) electrons. The quantitative estimate of drug-likeness (QED) is 0.396. The Labute approximate surface area is 190 Å². The number of aromatic nitrogens is 1. The second kappa shape index (κ2) is 8.63. The predicted molar refractivity (Wildman–Crippen MR) is 126 cm³/mol. The minimum Gasteiger partial charge on any atom is -0.361 e. The van der Waals surface area contributed by atoms with Gasteiger partial charge in [0.25, 0.3) is 11.8 Å². The van der Waals surface area contributed by atoms with Crippen molar-refractivity contribution in [2.45, 2.75) is 19.0 Å². The van der Waals surface area contributed by atoms with Crippen LogP contribution in [0.2, 0.25) is 0 Å². The first-order valence-corrected chi connectivity index (χ1v) is 10.7. The normalized spacial score (nSPS) is 15.6. The molecule has 3 N–H and O–H groups in total. The van der Waals surface area contributed by atoms with Crippen LogP contribution in [0.1, 0.15) is 21.5 Å². The number of para-hydroxylation sites is 2. The molecule has 0 aliphatic carbocycles. The lowest BCUT2D eigenvalue weighted by Crippen LogP contribution is -2.32. The lowest BCUT2D eigenvalue weighted by atomic mass is 10.0. The van der Waals surface area contributed by atoms with E-state index in [9.17, 15) is 14.4 Å². The molecule has 2 heterocycles. The van der Waals surface area contributed by atoms with Gasteiger partial charge in [-0.15, -0.1) is 0 Å². The van der Waals surface area contributed by atoms with Gasteiger partial charge in [-0.2, -0.15) is 0 Å². The van der Waals surface area contributed by atoms with E-state index in [2.05, 4.69) is 15.6 Å². The Kier molecular flexibility index (Phi) is 5.36. The first kappa shape index (κ1) is 20.5. The number of aromatic amines is 1. The lowest BCUT2D eigenvalue weighted by Gasteiger charge is -2.13. The third kappa shape index (κ3) is 4.21. The van der Waals surface area contributed by atoms with Crippen molar-refractivity contribution in [1.82, 2.24) is 15.2 Å². The van der Waals surface area contributed by atoms with Crippen LogP contribution in [0.3, 0.4) is 0 Å². The summed E-state index contributed by atoms with van der Waals surface area (Å²) in [4.78, 5) is 42.3. The maximum absolute atomic E-state index is 12.9. The fourth-order valence-corrected chi connectivity index (χ4v) is 4.05. The van der Waals surface area contributed by atoms with Gasteiger partial charge in [0.1, 0.15) is 6.04 Å². The van der Waals surface area contributed by atoms with Crippen LogP contribution in [-0.2, 0) is 17.8 Å². The molecule has 1 atom stereocenters. The van der Waals surface area contributed by atoms with E-state index < -0.39 is 12.1 Å². The molecule has 1 aromatic heterocycles. The third-order valence-corrected chi connectivity index (χ3v) is 5.79. The number of anilines is 1. The summed E-state index contributed by atoms with van der Waals surface area (Å²) in [6, 6.07) is 23.0. The van der Waals surface area contributed by atoms with Gasteiger partial charge in [0.15, 0.2) is 0 Å². The number of carbonyl (C=O) groups is 3. The highest BCUT2D eigenvalue weighted by atomic mass is 16.2. The molecule has 3 aromatic carbocycles. The largest absolute Gasteiger partial charge is 0.361 e. The molecule has 7 nitrogen and oxygen atoms in total. The molecule has 7 heteroatoms. The number of hydrogen-bond donors (Lipinski definition) is 3. The standard InChI is InChI=1S/C26H22N4O3/c31-24(28-20-6-2-1-3-7-20)18-12-10-17(11-13-18)16-30-25(32)23(29-26(30)33)14-19-15-27-22-9-5-4-8-21(19)22/h1-13,15,23,27H,14,16H2,(H,28,31)(H,29,33). The van der Waals surface area contributed by atoms with Crippen LogP contribution in [0, 0.1) is 0 Å². The summed E-state index contributed by atoms with van der Waals surface area (Å²) in [7, 11) is 0. The van der Waals surface area contributed by atoms with Crippen molar-refractivity contribution >= 4 is 34.4 Å². The van der Waals surface area contributed by atoms with Crippen molar-refractivity contribution in [3.8, 4) is 0 Å². The fourth-order valence-electron chi connectivity index (χ4n) is 4.05. The van der Waals surface area contributed by atoms with Gasteiger partial charge >= 0.3 is 6.03 Å². The Hall–Kier alpha value is -4.39. The van der Waals surface area contributed by atoms with Crippen molar-refractivity contribution in [2.24, 2.45) is 0 Å². The molecule has 4 amide bonds. The first-order valence-electron chi connectivity index (χ1n) is 10.7. The van der Waals surface area contributed by atoms with E-state index >= 15 is 0 Å². The van der Waals surface area contributed by atoms with Gasteiger partial charge in [-0.05, 0) is 41.5 Å². The number of nitrogens with zero attached hydrogens (tertiary/aromatic N) is 1. The second-order valence-electron chi connectivity index (χ2n) is 8.01. The zero-order valence-electron chi connectivity index (χ0n) is 17.7. The van der Waals surface area contributed by atoms with Crippen molar-refractivity contribution in [3.63, 3.8) is 0 Å². The Morgan fingerprint density at radius 2 is 1.64 bits per heavy atom. The SMILES string of the molecule is O=C(Nc1ccccc1)c1ccc(CN2C(=O)NC(Cc3c[nH]c4ccccc34)C2=O)cc1. The van der Waals surface area contributed by atoms with Gasteiger partial charge in [0.2, 0.25) is 0 Å². The van der Waals surface area contributed by atoms with Gasteiger partial charge < -0.3 is 15.6 Å². The van der Waals surface area contributed by atoms with Crippen LogP contribution in [0.25, 0.3) is 10.9 Å². The molecule has 1 aliphatic heterocycles. The summed E-state index contributed by atoms with van der Waals surface area (Å²) in [5, 5.41) is 6.67. The summed E-state index contributed by atoms with van der Waals surface area (Å²) in [6.07, 6.45) is 2.30. The minimum atomic E-state index is -0.604.